The number of carboxylic acids is 1. The third-order valence-corrected chi connectivity index (χ3v) is 2.95. The van der Waals surface area contributed by atoms with Crippen molar-refractivity contribution < 1.29 is 14.8 Å². The molecule has 1 saturated heterocycles. The smallest absolute Gasteiger partial charge is 0.328 e. The molecular formula is C12H13N3O4. The van der Waals surface area contributed by atoms with Gasteiger partial charge in [-0.1, -0.05) is 12.1 Å². The second kappa shape index (κ2) is 5.47. The van der Waals surface area contributed by atoms with Gasteiger partial charge >= 0.3 is 5.97 Å². The van der Waals surface area contributed by atoms with Crippen molar-refractivity contribution in [2.75, 3.05) is 6.54 Å². The summed E-state index contributed by atoms with van der Waals surface area (Å²) in [5.74, 6) is -0.895. The third kappa shape index (κ3) is 3.06. The van der Waals surface area contributed by atoms with Gasteiger partial charge in [0.05, 0.1) is 11.1 Å². The molecule has 1 fully saturated rings. The van der Waals surface area contributed by atoms with Gasteiger partial charge in [-0.25, -0.2) is 4.79 Å². The summed E-state index contributed by atoms with van der Waals surface area (Å²) in [5.41, 5.74) is 0.561. The largest absolute Gasteiger partial charge is 0.480 e. The summed E-state index contributed by atoms with van der Waals surface area (Å²) in [7, 11) is 0. The molecule has 1 aliphatic rings. The van der Waals surface area contributed by atoms with E-state index in [0.717, 1.165) is 6.42 Å². The summed E-state index contributed by atoms with van der Waals surface area (Å²) < 4.78 is 0. The predicted octanol–water partition coefficient (Wildman–Crippen LogP) is 1.48. The molecular weight excluding hydrogens is 250 g/mol. The SMILES string of the molecule is O=C(O)[C@@H]1CCCN1N=Cc1cccc([N+](=O)[O-])c1. The first-order valence-corrected chi connectivity index (χ1v) is 5.86. The maximum Gasteiger partial charge on any atom is 0.328 e. The number of non-ortho nitro benzene ring substituents is 1. The van der Waals surface area contributed by atoms with Gasteiger partial charge in [0.1, 0.15) is 6.04 Å². The van der Waals surface area contributed by atoms with Crippen molar-refractivity contribution in [1.82, 2.24) is 5.01 Å². The average molecular weight is 263 g/mol. The highest BCUT2D eigenvalue weighted by Gasteiger charge is 2.29. The van der Waals surface area contributed by atoms with Gasteiger partial charge < -0.3 is 5.11 Å². The highest BCUT2D eigenvalue weighted by atomic mass is 16.6. The number of carbonyl (C=O) groups is 1. The van der Waals surface area contributed by atoms with E-state index in [2.05, 4.69) is 5.10 Å². The normalized spacial score (nSPS) is 18.9. The van der Waals surface area contributed by atoms with Gasteiger partial charge in [-0.05, 0) is 12.8 Å². The zero-order valence-electron chi connectivity index (χ0n) is 10.1. The fraction of sp³-hybridized carbons (Fsp3) is 0.333. The zero-order valence-corrected chi connectivity index (χ0v) is 10.1. The van der Waals surface area contributed by atoms with Crippen LogP contribution in [0.4, 0.5) is 5.69 Å². The molecule has 0 unspecified atom stereocenters. The molecule has 0 amide bonds. The third-order valence-electron chi connectivity index (χ3n) is 2.95. The summed E-state index contributed by atoms with van der Waals surface area (Å²) in [6.07, 6.45) is 2.80. The van der Waals surface area contributed by atoms with E-state index >= 15 is 0 Å². The molecule has 1 heterocycles. The van der Waals surface area contributed by atoms with Gasteiger partial charge in [0.2, 0.25) is 0 Å². The molecule has 1 aliphatic heterocycles. The highest BCUT2D eigenvalue weighted by molar-refractivity contribution is 5.81. The molecule has 19 heavy (non-hydrogen) atoms. The molecule has 7 heteroatoms. The van der Waals surface area contributed by atoms with Crippen LogP contribution in [0.5, 0.6) is 0 Å². The summed E-state index contributed by atoms with van der Waals surface area (Å²) in [5, 5.41) is 25.2. The predicted molar refractivity (Wildman–Crippen MR) is 68.1 cm³/mol. The number of hydrogen-bond donors (Lipinski definition) is 1. The summed E-state index contributed by atoms with van der Waals surface area (Å²) in [6, 6.07) is 5.44. The first-order valence-electron chi connectivity index (χ1n) is 5.86. The molecule has 1 atom stereocenters. The van der Waals surface area contributed by atoms with Crippen LogP contribution in [0.3, 0.4) is 0 Å². The highest BCUT2D eigenvalue weighted by Crippen LogP contribution is 2.18. The molecule has 7 nitrogen and oxygen atoms in total. The molecule has 0 aromatic heterocycles. The number of nitro benzene ring substituents is 1. The maximum atomic E-state index is 11.0. The first kappa shape index (κ1) is 13.0. The Morgan fingerprint density at radius 2 is 2.37 bits per heavy atom. The number of nitrogens with zero attached hydrogens (tertiary/aromatic N) is 3. The van der Waals surface area contributed by atoms with Crippen LogP contribution in [0.25, 0.3) is 0 Å². The molecule has 0 bridgehead atoms. The van der Waals surface area contributed by atoms with Crippen LogP contribution in [-0.2, 0) is 4.79 Å². The van der Waals surface area contributed by atoms with E-state index in [1.807, 2.05) is 0 Å². The van der Waals surface area contributed by atoms with Crippen molar-refractivity contribution in [2.45, 2.75) is 18.9 Å². The summed E-state index contributed by atoms with van der Waals surface area (Å²) in [6.45, 7) is 0.586. The molecule has 1 N–H and O–H groups in total. The number of rotatable bonds is 4. The maximum absolute atomic E-state index is 11.0. The lowest BCUT2D eigenvalue weighted by Gasteiger charge is -2.16. The zero-order chi connectivity index (χ0) is 13.8. The van der Waals surface area contributed by atoms with Crippen molar-refractivity contribution >= 4 is 17.9 Å². The van der Waals surface area contributed by atoms with E-state index in [0.29, 0.717) is 18.5 Å². The molecule has 1 aromatic carbocycles. The van der Waals surface area contributed by atoms with E-state index in [1.54, 1.807) is 12.1 Å². The molecule has 1 aromatic rings. The Bertz CT molecular complexity index is 529. The van der Waals surface area contributed by atoms with Crippen molar-refractivity contribution in [3.8, 4) is 0 Å². The topological polar surface area (TPSA) is 96.0 Å². The molecule has 0 saturated carbocycles. The first-order chi connectivity index (χ1) is 9.08. The number of nitro groups is 1. The molecule has 0 aliphatic carbocycles. The van der Waals surface area contributed by atoms with Crippen LogP contribution in [-0.4, -0.2) is 39.8 Å². The van der Waals surface area contributed by atoms with Crippen molar-refractivity contribution in [1.29, 1.82) is 0 Å². The number of hydrogen-bond acceptors (Lipinski definition) is 5. The Labute approximate surface area is 109 Å². The average Bonchev–Trinajstić information content (AvgIpc) is 2.85. The van der Waals surface area contributed by atoms with Crippen molar-refractivity contribution in [3.05, 3.63) is 39.9 Å². The van der Waals surface area contributed by atoms with Gasteiger partial charge in [-0.3, -0.25) is 15.1 Å². The molecule has 0 radical (unpaired) electrons. The van der Waals surface area contributed by atoms with E-state index in [1.165, 1.54) is 23.4 Å². The van der Waals surface area contributed by atoms with Crippen LogP contribution >= 0.6 is 0 Å². The van der Waals surface area contributed by atoms with Gasteiger partial charge in [0.15, 0.2) is 0 Å². The number of carboxylic acid groups (broad SMARTS) is 1. The number of aliphatic carboxylic acids is 1. The van der Waals surface area contributed by atoms with Crippen LogP contribution in [0.15, 0.2) is 29.4 Å². The van der Waals surface area contributed by atoms with Crippen LogP contribution in [0, 0.1) is 10.1 Å². The molecule has 2 rings (SSSR count). The van der Waals surface area contributed by atoms with Crippen LogP contribution in [0.1, 0.15) is 18.4 Å². The van der Waals surface area contributed by atoms with Crippen LogP contribution < -0.4 is 0 Å². The monoisotopic (exact) mass is 263 g/mol. The summed E-state index contributed by atoms with van der Waals surface area (Å²) in [4.78, 5) is 21.1. The Kier molecular flexibility index (Phi) is 3.74. The van der Waals surface area contributed by atoms with Gasteiger partial charge in [0.25, 0.3) is 5.69 Å². The molecule has 0 spiro atoms. The minimum absolute atomic E-state index is 0.0137. The van der Waals surface area contributed by atoms with Crippen LogP contribution in [0.2, 0.25) is 0 Å². The van der Waals surface area contributed by atoms with Gasteiger partial charge in [-0.15, -0.1) is 0 Å². The second-order valence-electron chi connectivity index (χ2n) is 4.26. The number of hydrazone groups is 1. The Hall–Kier alpha value is -2.44. The van der Waals surface area contributed by atoms with Gasteiger partial charge in [0, 0.05) is 24.2 Å². The van der Waals surface area contributed by atoms with Crippen molar-refractivity contribution in [2.24, 2.45) is 5.10 Å². The lowest BCUT2D eigenvalue weighted by Crippen LogP contribution is -2.31. The number of benzene rings is 1. The summed E-state index contributed by atoms with van der Waals surface area (Å²) >= 11 is 0. The Morgan fingerprint density at radius 3 is 3.05 bits per heavy atom. The lowest BCUT2D eigenvalue weighted by molar-refractivity contribution is -0.384. The lowest BCUT2D eigenvalue weighted by atomic mass is 10.2. The molecule has 100 valence electrons. The van der Waals surface area contributed by atoms with E-state index in [4.69, 9.17) is 5.11 Å². The standard InChI is InChI=1S/C12H13N3O4/c16-12(17)11-5-2-6-14(11)13-8-9-3-1-4-10(7-9)15(18)19/h1,3-4,7-8,11H,2,5-6H2,(H,16,17)/t11-/m0/s1. The Morgan fingerprint density at radius 1 is 1.58 bits per heavy atom. The van der Waals surface area contributed by atoms with Crippen molar-refractivity contribution in [3.63, 3.8) is 0 Å². The second-order valence-corrected chi connectivity index (χ2v) is 4.26. The Balaban J connectivity index is 2.12. The van der Waals surface area contributed by atoms with E-state index in [-0.39, 0.29) is 5.69 Å². The quantitative estimate of drug-likeness (QED) is 0.504. The van der Waals surface area contributed by atoms with E-state index in [9.17, 15) is 14.9 Å². The van der Waals surface area contributed by atoms with Gasteiger partial charge in [-0.2, -0.15) is 5.10 Å². The van der Waals surface area contributed by atoms with E-state index < -0.39 is 16.9 Å². The minimum Gasteiger partial charge on any atom is -0.480 e. The minimum atomic E-state index is -0.895. The fourth-order valence-corrected chi connectivity index (χ4v) is 2.00. The fourth-order valence-electron chi connectivity index (χ4n) is 2.00.